The van der Waals surface area contributed by atoms with Crippen LogP contribution >= 0.6 is 0 Å². The summed E-state index contributed by atoms with van der Waals surface area (Å²) < 4.78 is 0. The van der Waals surface area contributed by atoms with E-state index < -0.39 is 0 Å². The molecular formula is C20H24N2O2. The summed E-state index contributed by atoms with van der Waals surface area (Å²) in [6, 6.07) is 8.15. The number of carbonyl (C=O) groups is 1. The molecule has 1 aromatic carbocycles. The number of likely N-dealkylation sites (tertiary alicyclic amines) is 1. The third-order valence-corrected chi connectivity index (χ3v) is 5.40. The van der Waals surface area contributed by atoms with E-state index in [1.54, 1.807) is 0 Å². The first-order chi connectivity index (χ1) is 11.5. The molecule has 24 heavy (non-hydrogen) atoms. The predicted octanol–water partition coefficient (Wildman–Crippen LogP) is 3.26. The van der Waals surface area contributed by atoms with Crippen molar-refractivity contribution in [3.63, 3.8) is 0 Å². The molecular weight excluding hydrogens is 300 g/mol. The number of pyridine rings is 1. The highest BCUT2D eigenvalue weighted by Gasteiger charge is 2.32. The first kappa shape index (κ1) is 15.6. The van der Waals surface area contributed by atoms with Gasteiger partial charge in [0, 0.05) is 36.0 Å². The molecule has 4 rings (SSSR count). The minimum Gasteiger partial charge on any atom is -0.393 e. The van der Waals surface area contributed by atoms with E-state index in [1.807, 2.05) is 30.9 Å². The number of carbonyl (C=O) groups excluding carboxylic acids is 1. The van der Waals surface area contributed by atoms with E-state index in [-0.39, 0.29) is 17.9 Å². The maximum absolute atomic E-state index is 13.2. The number of fused-ring (bicyclic) bond motifs is 1. The highest BCUT2D eigenvalue weighted by atomic mass is 16.3. The van der Waals surface area contributed by atoms with Gasteiger partial charge in [0.25, 0.3) is 5.91 Å². The third kappa shape index (κ3) is 2.80. The van der Waals surface area contributed by atoms with Crippen LogP contribution in [0.25, 0.3) is 10.9 Å². The van der Waals surface area contributed by atoms with Crippen molar-refractivity contribution in [2.45, 2.75) is 45.1 Å². The van der Waals surface area contributed by atoms with Gasteiger partial charge in [0.1, 0.15) is 0 Å². The molecule has 1 amide bonds. The first-order valence-electron chi connectivity index (χ1n) is 8.91. The second-order valence-electron chi connectivity index (χ2n) is 7.43. The first-order valence-corrected chi connectivity index (χ1v) is 8.91. The quantitative estimate of drug-likeness (QED) is 0.943. The van der Waals surface area contributed by atoms with Crippen molar-refractivity contribution >= 4 is 16.8 Å². The number of nitrogens with zero attached hydrogens (tertiary/aromatic N) is 2. The zero-order valence-electron chi connectivity index (χ0n) is 14.3. The number of rotatable bonds is 3. The van der Waals surface area contributed by atoms with Crippen LogP contribution in [0.4, 0.5) is 0 Å². The van der Waals surface area contributed by atoms with Crippen LogP contribution in [0.1, 0.15) is 53.7 Å². The van der Waals surface area contributed by atoms with Crippen molar-refractivity contribution in [1.82, 2.24) is 9.88 Å². The van der Waals surface area contributed by atoms with Gasteiger partial charge in [-0.05, 0) is 51.3 Å². The van der Waals surface area contributed by atoms with E-state index in [2.05, 4.69) is 12.1 Å². The molecule has 1 aromatic heterocycles. The second kappa shape index (κ2) is 5.85. The zero-order chi connectivity index (χ0) is 16.8. The zero-order valence-corrected chi connectivity index (χ0v) is 14.3. The molecule has 1 saturated carbocycles. The molecule has 2 unspecified atom stereocenters. The Morgan fingerprint density at radius 3 is 2.75 bits per heavy atom. The molecule has 2 aromatic rings. The van der Waals surface area contributed by atoms with Gasteiger partial charge in [-0.1, -0.05) is 11.6 Å². The summed E-state index contributed by atoms with van der Waals surface area (Å²) in [6.07, 6.45) is 2.86. The molecule has 0 radical (unpaired) electrons. The number of aliphatic hydroxyl groups is 1. The van der Waals surface area contributed by atoms with Crippen molar-refractivity contribution in [3.05, 3.63) is 41.1 Å². The van der Waals surface area contributed by atoms with E-state index in [4.69, 9.17) is 4.98 Å². The molecule has 4 nitrogen and oxygen atoms in total. The smallest absolute Gasteiger partial charge is 0.254 e. The van der Waals surface area contributed by atoms with Gasteiger partial charge in [-0.25, -0.2) is 0 Å². The number of aromatic nitrogens is 1. The fourth-order valence-corrected chi connectivity index (χ4v) is 3.66. The summed E-state index contributed by atoms with van der Waals surface area (Å²) in [5.41, 5.74) is 3.89. The van der Waals surface area contributed by atoms with Gasteiger partial charge in [-0.15, -0.1) is 0 Å². The van der Waals surface area contributed by atoms with Crippen molar-refractivity contribution in [3.8, 4) is 0 Å². The van der Waals surface area contributed by atoms with E-state index in [0.29, 0.717) is 12.5 Å². The Bertz CT molecular complexity index is 796. The maximum atomic E-state index is 13.2. The van der Waals surface area contributed by atoms with Crippen molar-refractivity contribution in [2.75, 3.05) is 13.1 Å². The van der Waals surface area contributed by atoms with Crippen LogP contribution in [0.5, 0.6) is 0 Å². The number of aliphatic hydroxyl groups excluding tert-OH is 1. The van der Waals surface area contributed by atoms with Crippen LogP contribution in [0, 0.1) is 12.8 Å². The number of benzene rings is 1. The molecule has 0 bridgehead atoms. The minimum atomic E-state index is -0.360. The molecule has 1 N–H and O–H groups in total. The molecule has 2 heterocycles. The fourth-order valence-electron chi connectivity index (χ4n) is 3.66. The number of amides is 1. The summed E-state index contributed by atoms with van der Waals surface area (Å²) in [4.78, 5) is 19.8. The summed E-state index contributed by atoms with van der Waals surface area (Å²) in [5, 5.41) is 10.8. The van der Waals surface area contributed by atoms with Gasteiger partial charge in [0.05, 0.1) is 17.2 Å². The van der Waals surface area contributed by atoms with Crippen LogP contribution in [-0.2, 0) is 0 Å². The fraction of sp³-hybridized carbons (Fsp3) is 0.500. The Kier molecular flexibility index (Phi) is 3.80. The van der Waals surface area contributed by atoms with Crippen LogP contribution < -0.4 is 0 Å². The number of hydrogen-bond donors (Lipinski definition) is 1. The average Bonchev–Trinajstić information content (AvgIpc) is 3.29. The van der Waals surface area contributed by atoms with E-state index in [0.717, 1.165) is 40.7 Å². The van der Waals surface area contributed by atoms with Gasteiger partial charge >= 0.3 is 0 Å². The molecule has 2 aliphatic rings. The monoisotopic (exact) mass is 324 g/mol. The Morgan fingerprint density at radius 1 is 1.29 bits per heavy atom. The lowest BCUT2D eigenvalue weighted by Gasteiger charge is -2.19. The Labute approximate surface area is 142 Å². The van der Waals surface area contributed by atoms with Crippen molar-refractivity contribution in [1.29, 1.82) is 0 Å². The molecule has 1 saturated heterocycles. The molecule has 2 fully saturated rings. The van der Waals surface area contributed by atoms with Crippen molar-refractivity contribution < 1.29 is 9.90 Å². The second-order valence-corrected chi connectivity index (χ2v) is 7.43. The van der Waals surface area contributed by atoms with Crippen LogP contribution in [0.3, 0.4) is 0 Å². The minimum absolute atomic E-state index is 0.0815. The molecule has 4 heteroatoms. The van der Waals surface area contributed by atoms with Crippen LogP contribution in [0.2, 0.25) is 0 Å². The van der Waals surface area contributed by atoms with Gasteiger partial charge in [0.15, 0.2) is 0 Å². The standard InChI is InChI=1S/C20H24N2O2/c1-12-3-6-18-16(9-12)17(10-19(21-18)14-4-5-14)20(24)22-8-7-15(11-22)13(2)23/h3,6,9-10,13-15,23H,4-5,7-8,11H2,1-2H3. The van der Waals surface area contributed by atoms with Gasteiger partial charge in [0.2, 0.25) is 0 Å². The maximum Gasteiger partial charge on any atom is 0.254 e. The van der Waals surface area contributed by atoms with Gasteiger partial charge in [-0.3, -0.25) is 9.78 Å². The van der Waals surface area contributed by atoms with E-state index in [1.165, 1.54) is 12.8 Å². The summed E-state index contributed by atoms with van der Waals surface area (Å²) >= 11 is 0. The van der Waals surface area contributed by atoms with Gasteiger partial charge in [-0.2, -0.15) is 0 Å². The Morgan fingerprint density at radius 2 is 2.08 bits per heavy atom. The van der Waals surface area contributed by atoms with E-state index in [9.17, 15) is 9.90 Å². The topological polar surface area (TPSA) is 53.4 Å². The molecule has 1 aliphatic heterocycles. The summed E-state index contributed by atoms with van der Waals surface area (Å²) in [5.74, 6) is 0.788. The highest BCUT2D eigenvalue weighted by molar-refractivity contribution is 6.06. The molecule has 1 aliphatic carbocycles. The average molecular weight is 324 g/mol. The normalized spacial score (nSPS) is 22.1. The number of aryl methyl sites for hydroxylation is 1. The van der Waals surface area contributed by atoms with Crippen LogP contribution in [0.15, 0.2) is 24.3 Å². The lowest BCUT2D eigenvalue weighted by atomic mass is 10.0. The van der Waals surface area contributed by atoms with Crippen molar-refractivity contribution in [2.24, 2.45) is 5.92 Å². The SMILES string of the molecule is Cc1ccc2nc(C3CC3)cc(C(=O)N3CCC(C(C)O)C3)c2c1. The van der Waals surface area contributed by atoms with Crippen LogP contribution in [-0.4, -0.2) is 40.1 Å². The Balaban J connectivity index is 1.74. The largest absolute Gasteiger partial charge is 0.393 e. The third-order valence-electron chi connectivity index (χ3n) is 5.40. The highest BCUT2D eigenvalue weighted by Crippen LogP contribution is 2.40. The summed E-state index contributed by atoms with van der Waals surface area (Å²) in [7, 11) is 0. The molecule has 2 atom stereocenters. The lowest BCUT2D eigenvalue weighted by Crippen LogP contribution is -2.30. The number of hydrogen-bond acceptors (Lipinski definition) is 3. The molecule has 126 valence electrons. The van der Waals surface area contributed by atoms with E-state index >= 15 is 0 Å². The molecule has 0 spiro atoms. The Hall–Kier alpha value is -1.94. The van der Waals surface area contributed by atoms with Gasteiger partial charge < -0.3 is 10.0 Å². The summed E-state index contributed by atoms with van der Waals surface area (Å²) in [6.45, 7) is 5.23. The predicted molar refractivity (Wildman–Crippen MR) is 94.1 cm³/mol. The lowest BCUT2D eigenvalue weighted by molar-refractivity contribution is 0.0764.